The van der Waals surface area contributed by atoms with Crippen LogP contribution in [0.4, 0.5) is 0 Å². The number of fused-ring (bicyclic) bond motifs is 1. The molecular formula is C27H37N3O3. The van der Waals surface area contributed by atoms with Crippen molar-refractivity contribution >= 4 is 17.5 Å². The van der Waals surface area contributed by atoms with Gasteiger partial charge >= 0.3 is 0 Å². The number of nitrogens with one attached hydrogen (secondary N) is 1. The van der Waals surface area contributed by atoms with Gasteiger partial charge in [-0.1, -0.05) is 26.8 Å². The first-order chi connectivity index (χ1) is 15.9. The second kappa shape index (κ2) is 8.79. The fourth-order valence-corrected chi connectivity index (χ4v) is 6.32. The van der Waals surface area contributed by atoms with Crippen molar-refractivity contribution in [2.75, 3.05) is 13.1 Å². The second-order valence-corrected chi connectivity index (χ2v) is 10.5. The number of hydrogen-bond donors (Lipinski definition) is 1. The summed E-state index contributed by atoms with van der Waals surface area (Å²) in [6, 6.07) is 6.45. The van der Waals surface area contributed by atoms with Gasteiger partial charge in [0.25, 0.3) is 0 Å². The molecule has 1 aromatic rings. The predicted octanol–water partition coefficient (Wildman–Crippen LogP) is 4.09. The van der Waals surface area contributed by atoms with E-state index in [1.165, 1.54) is 45.2 Å². The molecule has 3 heterocycles. The smallest absolute Gasteiger partial charge is 0.249 e. The summed E-state index contributed by atoms with van der Waals surface area (Å²) in [5, 5.41) is 2.47. The largest absolute Gasteiger partial charge is 0.489 e. The molecule has 0 radical (unpaired) electrons. The Morgan fingerprint density at radius 2 is 1.88 bits per heavy atom. The average Bonchev–Trinajstić information content (AvgIpc) is 3.10. The molecule has 0 bridgehead atoms. The van der Waals surface area contributed by atoms with Crippen LogP contribution >= 0.6 is 0 Å². The van der Waals surface area contributed by atoms with E-state index in [9.17, 15) is 9.59 Å². The first-order valence-electron chi connectivity index (χ1n) is 12.8. The summed E-state index contributed by atoms with van der Waals surface area (Å²) in [6.07, 6.45) is 8.52. The zero-order valence-electron chi connectivity index (χ0n) is 20.1. The maximum atomic E-state index is 12.4. The van der Waals surface area contributed by atoms with E-state index in [2.05, 4.69) is 48.8 Å². The van der Waals surface area contributed by atoms with E-state index in [-0.39, 0.29) is 24.0 Å². The monoisotopic (exact) mass is 451 g/mol. The SMILES string of the molecule is C=C1c2ccc(OC3CCCCC3N3CC(CC)(CC)C3)cc2CN1C1CCC(=O)NC1=O. The summed E-state index contributed by atoms with van der Waals surface area (Å²) in [4.78, 5) is 28.6. The van der Waals surface area contributed by atoms with Crippen molar-refractivity contribution in [3.8, 4) is 5.75 Å². The lowest BCUT2D eigenvalue weighted by atomic mass is 9.73. The molecule has 6 nitrogen and oxygen atoms in total. The molecule has 0 aromatic heterocycles. The lowest BCUT2D eigenvalue weighted by molar-refractivity contribution is -0.136. The molecule has 178 valence electrons. The number of imide groups is 1. The lowest BCUT2D eigenvalue weighted by Crippen LogP contribution is -2.63. The fraction of sp³-hybridized carbons (Fsp3) is 0.630. The third-order valence-corrected chi connectivity index (χ3v) is 8.66. The molecule has 3 fully saturated rings. The Labute approximate surface area is 197 Å². The van der Waals surface area contributed by atoms with Gasteiger partial charge in [0.1, 0.15) is 17.9 Å². The minimum absolute atomic E-state index is 0.186. The highest BCUT2D eigenvalue weighted by Gasteiger charge is 2.45. The quantitative estimate of drug-likeness (QED) is 0.660. The molecule has 33 heavy (non-hydrogen) atoms. The first kappa shape index (κ1) is 22.5. The Kier molecular flexibility index (Phi) is 5.98. The Morgan fingerprint density at radius 1 is 1.12 bits per heavy atom. The van der Waals surface area contributed by atoms with Crippen LogP contribution in [0.3, 0.4) is 0 Å². The standard InChI is InChI=1S/C27H37N3O3/c1-4-27(5-2)16-29(17-27)22-8-6-7-9-24(22)33-20-10-11-21-18(3)30(15-19(21)14-20)23-12-13-25(31)28-26(23)32/h10-11,14,22-24H,3-9,12-13,15-17H2,1-2H3,(H,28,31,32). The number of likely N-dealkylation sites (tertiary alicyclic amines) is 1. The first-order valence-corrected chi connectivity index (χ1v) is 12.8. The van der Waals surface area contributed by atoms with Crippen molar-refractivity contribution in [1.82, 2.24) is 15.1 Å². The molecule has 1 N–H and O–H groups in total. The molecular weight excluding hydrogens is 414 g/mol. The maximum Gasteiger partial charge on any atom is 0.249 e. The van der Waals surface area contributed by atoms with Gasteiger partial charge < -0.3 is 9.64 Å². The third kappa shape index (κ3) is 4.07. The number of ether oxygens (including phenoxy) is 1. The number of carbonyl (C=O) groups is 2. The highest BCUT2D eigenvalue weighted by Crippen LogP contribution is 2.42. The predicted molar refractivity (Wildman–Crippen MR) is 128 cm³/mol. The second-order valence-electron chi connectivity index (χ2n) is 10.5. The molecule has 4 aliphatic rings. The van der Waals surface area contributed by atoms with Crippen LogP contribution in [0, 0.1) is 5.41 Å². The summed E-state index contributed by atoms with van der Waals surface area (Å²) in [5.41, 5.74) is 3.59. The summed E-state index contributed by atoms with van der Waals surface area (Å²) >= 11 is 0. The molecule has 6 heteroatoms. The minimum Gasteiger partial charge on any atom is -0.489 e. The van der Waals surface area contributed by atoms with Crippen LogP contribution in [0.2, 0.25) is 0 Å². The summed E-state index contributed by atoms with van der Waals surface area (Å²) in [6.45, 7) is 11.9. The van der Waals surface area contributed by atoms with Gasteiger partial charge in [0.2, 0.25) is 11.8 Å². The average molecular weight is 452 g/mol. The van der Waals surface area contributed by atoms with Gasteiger partial charge in [0, 0.05) is 43.4 Å². The molecule has 5 rings (SSSR count). The van der Waals surface area contributed by atoms with Gasteiger partial charge in [0.15, 0.2) is 0 Å². The van der Waals surface area contributed by atoms with E-state index in [0.717, 1.165) is 29.0 Å². The Balaban J connectivity index is 1.27. The van der Waals surface area contributed by atoms with E-state index in [4.69, 9.17) is 4.74 Å². The van der Waals surface area contributed by atoms with Crippen molar-refractivity contribution in [1.29, 1.82) is 0 Å². The minimum atomic E-state index is -0.335. The van der Waals surface area contributed by atoms with Crippen LogP contribution in [-0.2, 0) is 16.1 Å². The van der Waals surface area contributed by atoms with E-state index in [1.54, 1.807) is 0 Å². The zero-order chi connectivity index (χ0) is 23.2. The number of hydrogen-bond acceptors (Lipinski definition) is 5. The van der Waals surface area contributed by atoms with Crippen LogP contribution in [0.1, 0.15) is 76.3 Å². The molecule has 2 amide bonds. The van der Waals surface area contributed by atoms with Crippen LogP contribution in [0.5, 0.6) is 5.75 Å². The molecule has 3 aliphatic heterocycles. The van der Waals surface area contributed by atoms with Crippen molar-refractivity contribution in [3.63, 3.8) is 0 Å². The topological polar surface area (TPSA) is 61.9 Å². The summed E-state index contributed by atoms with van der Waals surface area (Å²) in [5.74, 6) is 0.515. The zero-order valence-corrected chi connectivity index (χ0v) is 20.1. The molecule has 3 atom stereocenters. The van der Waals surface area contributed by atoms with Gasteiger partial charge in [-0.15, -0.1) is 0 Å². The van der Waals surface area contributed by atoms with Crippen LogP contribution in [0.15, 0.2) is 24.8 Å². The van der Waals surface area contributed by atoms with E-state index >= 15 is 0 Å². The Bertz CT molecular complexity index is 946. The van der Waals surface area contributed by atoms with Crippen molar-refractivity contribution in [2.45, 2.75) is 89.9 Å². The number of amides is 2. The van der Waals surface area contributed by atoms with E-state index in [0.29, 0.717) is 30.8 Å². The fourth-order valence-electron chi connectivity index (χ4n) is 6.32. The molecule has 1 saturated carbocycles. The Morgan fingerprint density at radius 3 is 2.61 bits per heavy atom. The highest BCUT2D eigenvalue weighted by atomic mass is 16.5. The number of piperidine rings is 1. The van der Waals surface area contributed by atoms with Crippen molar-refractivity contribution < 1.29 is 14.3 Å². The van der Waals surface area contributed by atoms with Crippen molar-refractivity contribution in [3.05, 3.63) is 35.9 Å². The van der Waals surface area contributed by atoms with E-state index in [1.807, 2.05) is 4.90 Å². The van der Waals surface area contributed by atoms with Gasteiger partial charge in [-0.25, -0.2) is 0 Å². The normalized spacial score (nSPS) is 29.5. The summed E-state index contributed by atoms with van der Waals surface area (Å²) < 4.78 is 6.62. The van der Waals surface area contributed by atoms with Gasteiger partial charge in [-0.3, -0.25) is 19.8 Å². The lowest BCUT2D eigenvalue weighted by Gasteiger charge is -2.55. The molecule has 1 aromatic carbocycles. The van der Waals surface area contributed by atoms with Crippen LogP contribution < -0.4 is 10.1 Å². The number of benzene rings is 1. The molecule has 0 spiro atoms. The molecule has 1 aliphatic carbocycles. The van der Waals surface area contributed by atoms with E-state index < -0.39 is 0 Å². The summed E-state index contributed by atoms with van der Waals surface area (Å²) in [7, 11) is 0. The number of carbonyl (C=O) groups excluding carboxylic acids is 2. The third-order valence-electron chi connectivity index (χ3n) is 8.66. The van der Waals surface area contributed by atoms with Crippen LogP contribution in [0.25, 0.3) is 5.70 Å². The molecule has 2 saturated heterocycles. The van der Waals surface area contributed by atoms with Crippen LogP contribution in [-0.4, -0.2) is 52.9 Å². The molecule has 3 unspecified atom stereocenters. The maximum absolute atomic E-state index is 12.4. The number of nitrogens with zero attached hydrogens (tertiary/aromatic N) is 2. The van der Waals surface area contributed by atoms with Gasteiger partial charge in [0.05, 0.1) is 0 Å². The van der Waals surface area contributed by atoms with Crippen molar-refractivity contribution in [2.24, 2.45) is 5.41 Å². The number of rotatable bonds is 6. The van der Waals surface area contributed by atoms with Gasteiger partial charge in [-0.2, -0.15) is 0 Å². The highest BCUT2D eigenvalue weighted by molar-refractivity contribution is 6.01. The van der Waals surface area contributed by atoms with Gasteiger partial charge in [-0.05, 0) is 67.7 Å². The Hall–Kier alpha value is -2.34.